The summed E-state index contributed by atoms with van der Waals surface area (Å²) in [6.45, 7) is 0.719. The maximum atomic E-state index is 5.56. The molecule has 14 heavy (non-hydrogen) atoms. The van der Waals surface area contributed by atoms with E-state index in [1.54, 1.807) is 11.3 Å². The molecule has 1 aromatic carbocycles. The van der Waals surface area contributed by atoms with Gasteiger partial charge in [-0.2, -0.15) is 0 Å². The normalized spacial score (nSPS) is 10.0. The number of hydrogen-bond acceptors (Lipinski definition) is 2. The van der Waals surface area contributed by atoms with Crippen molar-refractivity contribution >= 4 is 11.3 Å². The molecule has 71 valence electrons. The van der Waals surface area contributed by atoms with E-state index in [-0.39, 0.29) is 0 Å². The van der Waals surface area contributed by atoms with Gasteiger partial charge in [-0.25, -0.2) is 0 Å². The number of ether oxygens (including phenoxy) is 1. The highest BCUT2D eigenvalue weighted by molar-refractivity contribution is 7.07. The van der Waals surface area contributed by atoms with E-state index in [9.17, 15) is 0 Å². The SMILES string of the molecule is [c]1sccc1CCOc1ccccc1. The summed E-state index contributed by atoms with van der Waals surface area (Å²) < 4.78 is 5.56. The fourth-order valence-electron chi connectivity index (χ4n) is 1.19. The van der Waals surface area contributed by atoms with Gasteiger partial charge in [-0.3, -0.25) is 0 Å². The first kappa shape index (κ1) is 9.28. The molecule has 0 unspecified atom stereocenters. The summed E-state index contributed by atoms with van der Waals surface area (Å²) in [6.07, 6.45) is 0.929. The molecule has 1 aromatic heterocycles. The largest absolute Gasteiger partial charge is 0.493 e. The first-order valence-electron chi connectivity index (χ1n) is 4.57. The quantitative estimate of drug-likeness (QED) is 0.741. The summed E-state index contributed by atoms with van der Waals surface area (Å²) in [6, 6.07) is 12.0. The molecule has 1 nitrogen and oxygen atoms in total. The maximum absolute atomic E-state index is 5.56. The first-order valence-corrected chi connectivity index (χ1v) is 5.45. The minimum Gasteiger partial charge on any atom is -0.493 e. The van der Waals surface area contributed by atoms with Crippen LogP contribution in [0.3, 0.4) is 0 Å². The van der Waals surface area contributed by atoms with Crippen LogP contribution in [0.15, 0.2) is 41.8 Å². The van der Waals surface area contributed by atoms with Crippen molar-refractivity contribution in [2.45, 2.75) is 6.42 Å². The van der Waals surface area contributed by atoms with Crippen LogP contribution in [0.5, 0.6) is 5.75 Å². The fourth-order valence-corrected chi connectivity index (χ4v) is 1.81. The van der Waals surface area contributed by atoms with Gasteiger partial charge in [0, 0.05) is 11.8 Å². The molecule has 1 radical (unpaired) electrons. The van der Waals surface area contributed by atoms with Crippen molar-refractivity contribution in [3.63, 3.8) is 0 Å². The van der Waals surface area contributed by atoms with Gasteiger partial charge < -0.3 is 4.74 Å². The molecule has 2 heteroatoms. The van der Waals surface area contributed by atoms with Crippen molar-refractivity contribution in [2.75, 3.05) is 6.61 Å². The Hall–Kier alpha value is -1.28. The number of thiophene rings is 1. The summed E-state index contributed by atoms with van der Waals surface area (Å²) in [5.74, 6) is 0.933. The Morgan fingerprint density at radius 1 is 1.14 bits per heavy atom. The Morgan fingerprint density at radius 3 is 2.71 bits per heavy atom. The number of para-hydroxylation sites is 1. The van der Waals surface area contributed by atoms with Crippen LogP contribution in [0.25, 0.3) is 0 Å². The number of hydrogen-bond donors (Lipinski definition) is 0. The van der Waals surface area contributed by atoms with Crippen molar-refractivity contribution in [1.82, 2.24) is 0 Å². The van der Waals surface area contributed by atoms with Gasteiger partial charge in [-0.15, -0.1) is 11.3 Å². The second kappa shape index (κ2) is 4.82. The third-order valence-corrected chi connectivity index (χ3v) is 2.56. The molecule has 0 saturated carbocycles. The standard InChI is InChI=1S/C12H11OS/c1-2-4-12(5-3-1)13-8-6-11-7-9-14-10-11/h1-5,7,9H,6,8H2. The van der Waals surface area contributed by atoms with Crippen LogP contribution < -0.4 is 4.74 Å². The predicted molar refractivity (Wildman–Crippen MR) is 58.8 cm³/mol. The second-order valence-electron chi connectivity index (χ2n) is 2.96. The minimum atomic E-state index is 0.719. The number of benzene rings is 1. The molecule has 0 spiro atoms. The van der Waals surface area contributed by atoms with E-state index in [1.807, 2.05) is 35.7 Å². The van der Waals surface area contributed by atoms with Crippen LogP contribution in [0.2, 0.25) is 0 Å². The maximum Gasteiger partial charge on any atom is 0.119 e. The smallest absolute Gasteiger partial charge is 0.119 e. The summed E-state index contributed by atoms with van der Waals surface area (Å²) in [5, 5.41) is 5.22. The van der Waals surface area contributed by atoms with E-state index in [1.165, 1.54) is 5.56 Å². The molecule has 0 bridgehead atoms. The number of rotatable bonds is 4. The highest BCUT2D eigenvalue weighted by Crippen LogP contribution is 2.10. The van der Waals surface area contributed by atoms with Crippen LogP contribution in [0, 0.1) is 5.38 Å². The van der Waals surface area contributed by atoms with Gasteiger partial charge in [-0.05, 0) is 29.1 Å². The Labute approximate surface area is 88.0 Å². The van der Waals surface area contributed by atoms with Crippen LogP contribution in [-0.4, -0.2) is 6.61 Å². The molecule has 0 N–H and O–H groups in total. The van der Waals surface area contributed by atoms with Crippen molar-refractivity contribution in [3.8, 4) is 5.75 Å². The van der Waals surface area contributed by atoms with Crippen LogP contribution in [0.4, 0.5) is 0 Å². The Morgan fingerprint density at radius 2 is 2.00 bits per heavy atom. The molecule has 2 rings (SSSR count). The molecule has 0 aliphatic rings. The lowest BCUT2D eigenvalue weighted by molar-refractivity contribution is 0.322. The molecular weight excluding hydrogens is 192 g/mol. The first-order chi connectivity index (χ1) is 6.95. The van der Waals surface area contributed by atoms with Gasteiger partial charge in [0.1, 0.15) is 5.75 Å². The summed E-state index contributed by atoms with van der Waals surface area (Å²) in [7, 11) is 0. The zero-order chi connectivity index (χ0) is 9.64. The molecule has 0 amide bonds. The molecule has 0 atom stereocenters. The van der Waals surface area contributed by atoms with E-state index < -0.39 is 0 Å². The van der Waals surface area contributed by atoms with Crippen LogP contribution in [-0.2, 0) is 6.42 Å². The van der Waals surface area contributed by atoms with E-state index in [0.29, 0.717) is 0 Å². The predicted octanol–water partition coefficient (Wildman–Crippen LogP) is 3.17. The van der Waals surface area contributed by atoms with Gasteiger partial charge >= 0.3 is 0 Å². The molecule has 1 heterocycles. The van der Waals surface area contributed by atoms with Gasteiger partial charge in [0.25, 0.3) is 0 Å². The van der Waals surface area contributed by atoms with Crippen molar-refractivity contribution in [1.29, 1.82) is 0 Å². The molecule has 0 saturated heterocycles. The molecule has 0 aliphatic heterocycles. The zero-order valence-electron chi connectivity index (χ0n) is 7.77. The highest BCUT2D eigenvalue weighted by atomic mass is 32.1. The fraction of sp³-hybridized carbons (Fsp3) is 0.167. The van der Waals surface area contributed by atoms with E-state index >= 15 is 0 Å². The molecule has 2 aromatic rings. The lowest BCUT2D eigenvalue weighted by Gasteiger charge is -2.03. The Kier molecular flexibility index (Phi) is 3.19. The lowest BCUT2D eigenvalue weighted by Crippen LogP contribution is -2.00. The van der Waals surface area contributed by atoms with Crippen molar-refractivity contribution in [3.05, 3.63) is 52.7 Å². The van der Waals surface area contributed by atoms with Gasteiger partial charge in [-0.1, -0.05) is 18.2 Å². The lowest BCUT2D eigenvalue weighted by atomic mass is 10.2. The van der Waals surface area contributed by atoms with Crippen molar-refractivity contribution < 1.29 is 4.74 Å². The zero-order valence-corrected chi connectivity index (χ0v) is 8.59. The Bertz CT molecular complexity index is 353. The van der Waals surface area contributed by atoms with Crippen LogP contribution in [0.1, 0.15) is 5.56 Å². The monoisotopic (exact) mass is 203 g/mol. The van der Waals surface area contributed by atoms with E-state index in [4.69, 9.17) is 4.74 Å². The topological polar surface area (TPSA) is 9.23 Å². The van der Waals surface area contributed by atoms with Gasteiger partial charge in [0.2, 0.25) is 0 Å². The van der Waals surface area contributed by atoms with Crippen molar-refractivity contribution in [2.24, 2.45) is 0 Å². The third-order valence-electron chi connectivity index (χ3n) is 1.91. The molecule has 0 fully saturated rings. The highest BCUT2D eigenvalue weighted by Gasteiger charge is 1.94. The van der Waals surface area contributed by atoms with Gasteiger partial charge in [0.05, 0.1) is 6.61 Å². The molecule has 0 aliphatic carbocycles. The molecular formula is C12H11OS. The van der Waals surface area contributed by atoms with Crippen LogP contribution >= 0.6 is 11.3 Å². The third kappa shape index (κ3) is 2.60. The van der Waals surface area contributed by atoms with Gasteiger partial charge in [0.15, 0.2) is 0 Å². The second-order valence-corrected chi connectivity index (χ2v) is 3.67. The summed E-state index contributed by atoms with van der Waals surface area (Å²) >= 11 is 1.61. The summed E-state index contributed by atoms with van der Waals surface area (Å²) in [4.78, 5) is 0. The average Bonchev–Trinajstić information content (AvgIpc) is 2.72. The Balaban J connectivity index is 1.79. The average molecular weight is 203 g/mol. The summed E-state index contributed by atoms with van der Waals surface area (Å²) in [5.41, 5.74) is 1.23. The van der Waals surface area contributed by atoms with E-state index in [0.717, 1.165) is 18.8 Å². The van der Waals surface area contributed by atoms with E-state index in [2.05, 4.69) is 11.4 Å². The minimum absolute atomic E-state index is 0.719.